The second-order valence-electron chi connectivity index (χ2n) is 3.40. The van der Waals surface area contributed by atoms with Gasteiger partial charge in [-0.1, -0.05) is 30.7 Å². The van der Waals surface area contributed by atoms with Crippen LogP contribution < -0.4 is 4.74 Å². The highest BCUT2D eigenvalue weighted by atomic mass is 16.5. The minimum absolute atomic E-state index is 0.749. The second kappa shape index (κ2) is 3.25. The van der Waals surface area contributed by atoms with Crippen LogP contribution in [0.5, 0.6) is 5.75 Å². The molecule has 0 unspecified atom stereocenters. The molecule has 1 aliphatic heterocycles. The fraction of sp³-hybridized carbons (Fsp3) is 0.333. The summed E-state index contributed by atoms with van der Waals surface area (Å²) in [5.41, 5.74) is 4.09. The van der Waals surface area contributed by atoms with Crippen LogP contribution in [0.1, 0.15) is 25.8 Å². The smallest absolute Gasteiger partial charge is 0.127 e. The molecule has 0 saturated heterocycles. The van der Waals surface area contributed by atoms with E-state index in [1.165, 1.54) is 16.7 Å². The first-order valence-electron chi connectivity index (χ1n) is 4.73. The zero-order chi connectivity index (χ0) is 9.26. The fourth-order valence-electron chi connectivity index (χ4n) is 1.64. The van der Waals surface area contributed by atoms with E-state index in [2.05, 4.69) is 26.0 Å². The van der Waals surface area contributed by atoms with Crippen LogP contribution in [0.25, 0.3) is 5.57 Å². The summed E-state index contributed by atoms with van der Waals surface area (Å²) in [6.45, 7) is 5.11. The Kier molecular flexibility index (Phi) is 2.09. The number of hydrogen-bond donors (Lipinski definition) is 0. The third-order valence-electron chi connectivity index (χ3n) is 2.63. The molecule has 0 saturated carbocycles. The lowest BCUT2D eigenvalue weighted by Gasteiger charge is -2.01. The van der Waals surface area contributed by atoms with Gasteiger partial charge >= 0.3 is 0 Å². The molecule has 0 N–H and O–H groups in total. The maximum absolute atomic E-state index is 5.58. The monoisotopic (exact) mass is 174 g/mol. The number of hydrogen-bond acceptors (Lipinski definition) is 1. The van der Waals surface area contributed by atoms with Crippen molar-refractivity contribution in [1.82, 2.24) is 0 Å². The van der Waals surface area contributed by atoms with Gasteiger partial charge in [-0.05, 0) is 25.0 Å². The molecule has 0 aromatic heterocycles. The zero-order valence-corrected chi connectivity index (χ0v) is 8.13. The maximum atomic E-state index is 5.58. The molecular weight excluding hydrogens is 160 g/mol. The van der Waals surface area contributed by atoms with Crippen molar-refractivity contribution in [2.45, 2.75) is 20.3 Å². The SMILES string of the molecule is CC/C(C)=C1\COc2ccccc21. The van der Waals surface area contributed by atoms with E-state index in [9.17, 15) is 0 Å². The first-order chi connectivity index (χ1) is 6.33. The number of para-hydroxylation sites is 1. The molecule has 0 bridgehead atoms. The van der Waals surface area contributed by atoms with E-state index in [1.54, 1.807) is 0 Å². The summed E-state index contributed by atoms with van der Waals surface area (Å²) >= 11 is 0. The van der Waals surface area contributed by atoms with Gasteiger partial charge in [0.1, 0.15) is 12.4 Å². The van der Waals surface area contributed by atoms with Crippen molar-refractivity contribution in [3.8, 4) is 5.75 Å². The molecule has 1 nitrogen and oxygen atoms in total. The molecule has 2 rings (SSSR count). The van der Waals surface area contributed by atoms with Crippen LogP contribution in [0, 0.1) is 0 Å². The molecule has 0 radical (unpaired) electrons. The van der Waals surface area contributed by atoms with Gasteiger partial charge in [-0.25, -0.2) is 0 Å². The lowest BCUT2D eigenvalue weighted by molar-refractivity contribution is 0.388. The predicted molar refractivity (Wildman–Crippen MR) is 54.8 cm³/mol. The van der Waals surface area contributed by atoms with E-state index >= 15 is 0 Å². The quantitative estimate of drug-likeness (QED) is 0.635. The number of fused-ring (bicyclic) bond motifs is 1. The lowest BCUT2D eigenvalue weighted by Crippen LogP contribution is -1.90. The highest BCUT2D eigenvalue weighted by Gasteiger charge is 2.17. The normalized spacial score (nSPS) is 18.0. The topological polar surface area (TPSA) is 9.23 Å². The molecule has 1 heteroatoms. The van der Waals surface area contributed by atoms with Gasteiger partial charge in [0.15, 0.2) is 0 Å². The lowest BCUT2D eigenvalue weighted by atomic mass is 10.0. The van der Waals surface area contributed by atoms with Crippen molar-refractivity contribution in [2.24, 2.45) is 0 Å². The summed E-state index contributed by atoms with van der Waals surface area (Å²) in [7, 11) is 0. The van der Waals surface area contributed by atoms with Crippen molar-refractivity contribution in [1.29, 1.82) is 0 Å². The largest absolute Gasteiger partial charge is 0.488 e. The highest BCUT2D eigenvalue weighted by Crippen LogP contribution is 2.35. The summed E-state index contributed by atoms with van der Waals surface area (Å²) in [5, 5.41) is 0. The van der Waals surface area contributed by atoms with E-state index in [0.29, 0.717) is 0 Å². The molecule has 0 atom stereocenters. The molecule has 0 aliphatic carbocycles. The molecular formula is C12H14O. The Morgan fingerprint density at radius 3 is 2.92 bits per heavy atom. The van der Waals surface area contributed by atoms with Gasteiger partial charge in [0.05, 0.1) is 0 Å². The molecule has 13 heavy (non-hydrogen) atoms. The van der Waals surface area contributed by atoms with E-state index in [0.717, 1.165) is 18.8 Å². The van der Waals surface area contributed by atoms with E-state index < -0.39 is 0 Å². The van der Waals surface area contributed by atoms with Crippen LogP contribution in [0.15, 0.2) is 29.8 Å². The number of benzene rings is 1. The Bertz CT molecular complexity index is 350. The van der Waals surface area contributed by atoms with Crippen molar-refractivity contribution >= 4 is 5.57 Å². The Hall–Kier alpha value is -1.24. The van der Waals surface area contributed by atoms with Crippen molar-refractivity contribution < 1.29 is 4.74 Å². The van der Waals surface area contributed by atoms with Gasteiger partial charge in [-0.2, -0.15) is 0 Å². The van der Waals surface area contributed by atoms with Crippen LogP contribution in [0.2, 0.25) is 0 Å². The minimum atomic E-state index is 0.749. The van der Waals surface area contributed by atoms with Crippen LogP contribution in [-0.4, -0.2) is 6.61 Å². The molecule has 1 aromatic rings. The van der Waals surface area contributed by atoms with Crippen LogP contribution in [0.4, 0.5) is 0 Å². The van der Waals surface area contributed by atoms with Gasteiger partial charge < -0.3 is 4.74 Å². The average molecular weight is 174 g/mol. The Labute approximate surface area is 79.0 Å². The maximum Gasteiger partial charge on any atom is 0.127 e. The number of rotatable bonds is 1. The predicted octanol–water partition coefficient (Wildman–Crippen LogP) is 3.26. The molecule has 1 aliphatic rings. The fourth-order valence-corrected chi connectivity index (χ4v) is 1.64. The zero-order valence-electron chi connectivity index (χ0n) is 8.13. The van der Waals surface area contributed by atoms with Crippen LogP contribution in [0.3, 0.4) is 0 Å². The number of ether oxygens (including phenoxy) is 1. The van der Waals surface area contributed by atoms with Crippen molar-refractivity contribution in [3.63, 3.8) is 0 Å². The second-order valence-corrected chi connectivity index (χ2v) is 3.40. The molecule has 0 fully saturated rings. The van der Waals surface area contributed by atoms with E-state index in [-0.39, 0.29) is 0 Å². The minimum Gasteiger partial charge on any atom is -0.488 e. The average Bonchev–Trinajstić information content (AvgIpc) is 2.60. The summed E-state index contributed by atoms with van der Waals surface area (Å²) < 4.78 is 5.58. The van der Waals surface area contributed by atoms with Crippen LogP contribution >= 0.6 is 0 Å². The molecule has 1 aromatic carbocycles. The van der Waals surface area contributed by atoms with Gasteiger partial charge in [0.2, 0.25) is 0 Å². The third kappa shape index (κ3) is 1.35. The molecule has 0 spiro atoms. The summed E-state index contributed by atoms with van der Waals surface area (Å²) in [4.78, 5) is 0. The van der Waals surface area contributed by atoms with Crippen LogP contribution in [-0.2, 0) is 0 Å². The first kappa shape index (κ1) is 8.36. The summed E-state index contributed by atoms with van der Waals surface area (Å²) in [6, 6.07) is 8.25. The Balaban J connectivity index is 2.50. The number of allylic oxidation sites excluding steroid dienone is 1. The van der Waals surface area contributed by atoms with Gasteiger partial charge in [-0.3, -0.25) is 0 Å². The third-order valence-corrected chi connectivity index (χ3v) is 2.63. The molecule has 68 valence electrons. The van der Waals surface area contributed by atoms with Crippen molar-refractivity contribution in [2.75, 3.05) is 6.61 Å². The van der Waals surface area contributed by atoms with Crippen molar-refractivity contribution in [3.05, 3.63) is 35.4 Å². The molecule has 0 amide bonds. The van der Waals surface area contributed by atoms with Gasteiger partial charge in [0, 0.05) is 5.56 Å². The first-order valence-corrected chi connectivity index (χ1v) is 4.73. The standard InChI is InChI=1S/C12H14O/c1-3-9(2)11-8-13-12-7-5-4-6-10(11)12/h4-7H,3,8H2,1-2H3/b11-9+. The van der Waals surface area contributed by atoms with Gasteiger partial charge in [0.25, 0.3) is 0 Å². The summed E-state index contributed by atoms with van der Waals surface area (Å²) in [5.74, 6) is 1.03. The van der Waals surface area contributed by atoms with E-state index in [4.69, 9.17) is 4.74 Å². The van der Waals surface area contributed by atoms with Gasteiger partial charge in [-0.15, -0.1) is 0 Å². The summed E-state index contributed by atoms with van der Waals surface area (Å²) in [6.07, 6.45) is 1.10. The Morgan fingerprint density at radius 2 is 2.15 bits per heavy atom. The Morgan fingerprint density at radius 1 is 1.38 bits per heavy atom. The highest BCUT2D eigenvalue weighted by molar-refractivity contribution is 5.76. The van der Waals surface area contributed by atoms with E-state index in [1.807, 2.05) is 12.1 Å². The molecule has 1 heterocycles.